The van der Waals surface area contributed by atoms with Crippen LogP contribution in [0.4, 0.5) is 10.1 Å². The van der Waals surface area contributed by atoms with Gasteiger partial charge in [0, 0.05) is 38.3 Å². The van der Waals surface area contributed by atoms with E-state index in [0.717, 1.165) is 6.07 Å². The predicted molar refractivity (Wildman–Crippen MR) is 98.8 cm³/mol. The monoisotopic (exact) mass is 407 g/mol. The van der Waals surface area contributed by atoms with Crippen LogP contribution in [0.2, 0.25) is 0 Å². The van der Waals surface area contributed by atoms with Crippen LogP contribution in [0.1, 0.15) is 16.8 Å². The molecule has 1 aliphatic heterocycles. The molecular formula is C18H18FN3O5S. The molecule has 0 radical (unpaired) electrons. The highest BCUT2D eigenvalue weighted by Crippen LogP contribution is 2.22. The van der Waals surface area contributed by atoms with Crippen LogP contribution in [0.25, 0.3) is 0 Å². The summed E-state index contributed by atoms with van der Waals surface area (Å²) >= 11 is 0. The van der Waals surface area contributed by atoms with Crippen LogP contribution >= 0.6 is 0 Å². The lowest BCUT2D eigenvalue weighted by atomic mass is 10.2. The van der Waals surface area contributed by atoms with Gasteiger partial charge in [-0.1, -0.05) is 18.2 Å². The quantitative estimate of drug-likeness (QED) is 0.572. The highest BCUT2D eigenvalue weighted by atomic mass is 32.2. The average molecular weight is 407 g/mol. The zero-order valence-electron chi connectivity index (χ0n) is 14.8. The summed E-state index contributed by atoms with van der Waals surface area (Å²) in [6, 6.07) is 10.5. The van der Waals surface area contributed by atoms with Crippen LogP contribution in [0, 0.1) is 15.9 Å². The van der Waals surface area contributed by atoms with Gasteiger partial charge in [0.05, 0.1) is 15.4 Å². The van der Waals surface area contributed by atoms with Crippen molar-refractivity contribution >= 4 is 21.6 Å². The fourth-order valence-corrected chi connectivity index (χ4v) is 4.56. The molecule has 148 valence electrons. The Labute approximate surface area is 161 Å². The Kier molecular flexibility index (Phi) is 5.71. The lowest BCUT2D eigenvalue weighted by Crippen LogP contribution is -2.37. The fraction of sp³-hybridized carbons (Fsp3) is 0.278. The molecule has 0 aliphatic carbocycles. The average Bonchev–Trinajstić information content (AvgIpc) is 2.95. The number of hydrogen-bond acceptors (Lipinski definition) is 5. The van der Waals surface area contributed by atoms with E-state index < -0.39 is 26.7 Å². The minimum absolute atomic E-state index is 0.0191. The maximum Gasteiger partial charge on any atom is 0.270 e. The number of benzene rings is 2. The summed E-state index contributed by atoms with van der Waals surface area (Å²) in [7, 11) is -3.95. The maximum atomic E-state index is 13.9. The van der Waals surface area contributed by atoms with Gasteiger partial charge < -0.3 is 4.90 Å². The van der Waals surface area contributed by atoms with Crippen molar-refractivity contribution in [3.8, 4) is 0 Å². The van der Waals surface area contributed by atoms with Gasteiger partial charge in [0.1, 0.15) is 5.82 Å². The van der Waals surface area contributed by atoms with Crippen molar-refractivity contribution in [2.45, 2.75) is 11.3 Å². The van der Waals surface area contributed by atoms with Gasteiger partial charge in [0.15, 0.2) is 0 Å². The Morgan fingerprint density at radius 2 is 1.79 bits per heavy atom. The van der Waals surface area contributed by atoms with E-state index in [-0.39, 0.29) is 42.3 Å². The number of carbonyl (C=O) groups excluding carboxylic acids is 1. The maximum absolute atomic E-state index is 13.9. The zero-order valence-corrected chi connectivity index (χ0v) is 15.6. The first-order valence-corrected chi connectivity index (χ1v) is 10.0. The zero-order chi connectivity index (χ0) is 20.3. The normalized spacial score (nSPS) is 15.8. The molecule has 0 atom stereocenters. The number of amides is 1. The van der Waals surface area contributed by atoms with Crippen molar-refractivity contribution in [2.24, 2.45) is 0 Å². The molecule has 10 heteroatoms. The summed E-state index contributed by atoms with van der Waals surface area (Å²) in [5, 5.41) is 10.9. The Bertz CT molecular complexity index is 1010. The van der Waals surface area contributed by atoms with Gasteiger partial charge in [-0.2, -0.15) is 4.31 Å². The molecule has 28 heavy (non-hydrogen) atoms. The molecule has 0 spiro atoms. The third kappa shape index (κ3) is 4.02. The topological polar surface area (TPSA) is 101 Å². The Balaban J connectivity index is 1.78. The van der Waals surface area contributed by atoms with Gasteiger partial charge in [0.25, 0.3) is 11.6 Å². The number of sulfonamides is 1. The molecule has 0 bridgehead atoms. The summed E-state index contributed by atoms with van der Waals surface area (Å²) in [6.07, 6.45) is 0.369. The van der Waals surface area contributed by atoms with Gasteiger partial charge in [-0.3, -0.25) is 14.9 Å². The number of hydrogen-bond donors (Lipinski definition) is 0. The summed E-state index contributed by atoms with van der Waals surface area (Å²) in [5.41, 5.74) is -0.371. The number of halogens is 1. The van der Waals surface area contributed by atoms with Crippen molar-refractivity contribution in [2.75, 3.05) is 26.2 Å². The molecular weight excluding hydrogens is 389 g/mol. The van der Waals surface area contributed by atoms with Gasteiger partial charge in [-0.15, -0.1) is 0 Å². The lowest BCUT2D eigenvalue weighted by Gasteiger charge is -2.22. The SMILES string of the molecule is O=C(c1ccccc1F)N1CCCN(S(=O)(=O)c2cccc([N+](=O)[O-])c2)CC1. The second-order valence-electron chi connectivity index (χ2n) is 6.28. The minimum Gasteiger partial charge on any atom is -0.337 e. The first-order chi connectivity index (χ1) is 13.3. The standard InChI is InChI=1S/C18H18FN3O5S/c19-17-8-2-1-7-16(17)18(23)20-9-4-10-21(12-11-20)28(26,27)15-6-3-5-14(13-15)22(24)25/h1-3,5-8,13H,4,9-12H2. The van der Waals surface area contributed by atoms with E-state index in [1.165, 1.54) is 45.6 Å². The van der Waals surface area contributed by atoms with E-state index in [2.05, 4.69) is 0 Å². The van der Waals surface area contributed by atoms with Crippen LogP contribution < -0.4 is 0 Å². The molecule has 0 unspecified atom stereocenters. The molecule has 8 nitrogen and oxygen atoms in total. The molecule has 0 aromatic heterocycles. The number of carbonyl (C=O) groups is 1. The smallest absolute Gasteiger partial charge is 0.270 e. The summed E-state index contributed by atoms with van der Waals surface area (Å²) in [6.45, 7) is 0.562. The third-order valence-electron chi connectivity index (χ3n) is 4.51. The fourth-order valence-electron chi connectivity index (χ4n) is 3.05. The molecule has 1 fully saturated rings. The number of non-ortho nitro benzene ring substituents is 1. The molecule has 2 aromatic carbocycles. The van der Waals surface area contributed by atoms with Gasteiger partial charge in [-0.05, 0) is 24.6 Å². The summed E-state index contributed by atoms with van der Waals surface area (Å²) in [4.78, 5) is 24.1. The molecule has 1 aliphatic rings. The molecule has 0 saturated carbocycles. The number of rotatable bonds is 4. The second kappa shape index (κ2) is 8.03. The van der Waals surface area contributed by atoms with Gasteiger partial charge >= 0.3 is 0 Å². The highest BCUT2D eigenvalue weighted by molar-refractivity contribution is 7.89. The largest absolute Gasteiger partial charge is 0.337 e. The van der Waals surface area contributed by atoms with Crippen LogP contribution in [0.5, 0.6) is 0 Å². The van der Waals surface area contributed by atoms with E-state index in [4.69, 9.17) is 0 Å². The molecule has 3 rings (SSSR count). The number of nitro groups is 1. The van der Waals surface area contributed by atoms with E-state index in [1.807, 2.05) is 0 Å². The van der Waals surface area contributed by atoms with Crippen LogP contribution in [0.3, 0.4) is 0 Å². The van der Waals surface area contributed by atoms with Crippen molar-refractivity contribution in [1.82, 2.24) is 9.21 Å². The minimum atomic E-state index is -3.95. The van der Waals surface area contributed by atoms with E-state index in [9.17, 15) is 27.7 Å². The summed E-state index contributed by atoms with van der Waals surface area (Å²) < 4.78 is 40.8. The van der Waals surface area contributed by atoms with Crippen LogP contribution in [-0.2, 0) is 10.0 Å². The first-order valence-electron chi connectivity index (χ1n) is 8.59. The Hall–Kier alpha value is -2.85. The number of nitrogens with zero attached hydrogens (tertiary/aromatic N) is 3. The lowest BCUT2D eigenvalue weighted by molar-refractivity contribution is -0.385. The molecule has 2 aromatic rings. The summed E-state index contributed by atoms with van der Waals surface area (Å²) in [5.74, 6) is -1.12. The van der Waals surface area contributed by atoms with Crippen LogP contribution in [0.15, 0.2) is 53.4 Å². The molecule has 1 heterocycles. The highest BCUT2D eigenvalue weighted by Gasteiger charge is 2.30. The Morgan fingerprint density at radius 1 is 1.04 bits per heavy atom. The molecule has 1 amide bonds. The first kappa shape index (κ1) is 19.9. The predicted octanol–water partition coefficient (Wildman–Crippen LogP) is 2.27. The third-order valence-corrected chi connectivity index (χ3v) is 6.41. The van der Waals surface area contributed by atoms with Crippen molar-refractivity contribution in [3.05, 3.63) is 70.0 Å². The van der Waals surface area contributed by atoms with Gasteiger partial charge in [-0.25, -0.2) is 12.8 Å². The Morgan fingerprint density at radius 3 is 2.50 bits per heavy atom. The van der Waals surface area contributed by atoms with E-state index >= 15 is 0 Å². The van der Waals surface area contributed by atoms with Crippen molar-refractivity contribution in [1.29, 1.82) is 0 Å². The van der Waals surface area contributed by atoms with E-state index in [1.54, 1.807) is 6.07 Å². The molecule has 1 saturated heterocycles. The number of nitro benzene ring substituents is 1. The second-order valence-corrected chi connectivity index (χ2v) is 8.22. The molecule has 0 N–H and O–H groups in total. The van der Waals surface area contributed by atoms with E-state index in [0.29, 0.717) is 6.42 Å². The van der Waals surface area contributed by atoms with Crippen molar-refractivity contribution < 1.29 is 22.5 Å². The van der Waals surface area contributed by atoms with Gasteiger partial charge in [0.2, 0.25) is 10.0 Å². The van der Waals surface area contributed by atoms with Crippen LogP contribution in [-0.4, -0.2) is 54.6 Å². The van der Waals surface area contributed by atoms with Crippen molar-refractivity contribution in [3.63, 3.8) is 0 Å².